The third-order valence-corrected chi connectivity index (χ3v) is 2.02. The Morgan fingerprint density at radius 1 is 1.53 bits per heavy atom. The summed E-state index contributed by atoms with van der Waals surface area (Å²) in [7, 11) is -3.47. The SMILES string of the molecule is CCCCC(NOC)C(=O)OP(=O)(O)O. The van der Waals surface area contributed by atoms with Crippen molar-refractivity contribution in [1.29, 1.82) is 0 Å². The predicted molar refractivity (Wildman–Crippen MR) is 51.6 cm³/mol. The number of rotatable bonds is 7. The van der Waals surface area contributed by atoms with Crippen LogP contribution in [-0.4, -0.2) is 28.9 Å². The van der Waals surface area contributed by atoms with E-state index in [1.165, 1.54) is 7.11 Å². The minimum absolute atomic E-state index is 0.392. The third-order valence-electron chi connectivity index (χ3n) is 1.60. The van der Waals surface area contributed by atoms with Gasteiger partial charge in [-0.2, -0.15) is 5.48 Å². The molecule has 0 saturated heterocycles. The highest BCUT2D eigenvalue weighted by Gasteiger charge is 2.27. The summed E-state index contributed by atoms with van der Waals surface area (Å²) < 4.78 is 14.3. The first-order chi connectivity index (χ1) is 6.90. The summed E-state index contributed by atoms with van der Waals surface area (Å²) in [5.74, 6) is -1.02. The highest BCUT2D eigenvalue weighted by atomic mass is 31.2. The summed E-state index contributed by atoms with van der Waals surface area (Å²) in [6, 6.07) is -0.859. The summed E-state index contributed by atoms with van der Waals surface area (Å²) in [6.07, 6.45) is 1.96. The minimum Gasteiger partial charge on any atom is -0.369 e. The van der Waals surface area contributed by atoms with Crippen LogP contribution in [0.4, 0.5) is 0 Å². The van der Waals surface area contributed by atoms with E-state index in [4.69, 9.17) is 9.79 Å². The minimum atomic E-state index is -4.78. The van der Waals surface area contributed by atoms with Crippen molar-refractivity contribution in [2.24, 2.45) is 0 Å². The zero-order valence-corrected chi connectivity index (χ0v) is 9.57. The molecule has 7 nitrogen and oxygen atoms in total. The fourth-order valence-corrected chi connectivity index (χ4v) is 1.32. The molecule has 0 aliphatic rings. The van der Waals surface area contributed by atoms with Crippen LogP contribution in [0.5, 0.6) is 0 Å². The molecule has 8 heteroatoms. The van der Waals surface area contributed by atoms with Crippen LogP contribution in [0.3, 0.4) is 0 Å². The van der Waals surface area contributed by atoms with Crippen molar-refractivity contribution in [3.8, 4) is 0 Å². The van der Waals surface area contributed by atoms with Gasteiger partial charge in [-0.25, -0.2) is 9.36 Å². The van der Waals surface area contributed by atoms with E-state index in [0.29, 0.717) is 6.42 Å². The number of carbonyl (C=O) groups is 1. The molecule has 0 aromatic rings. The molecule has 15 heavy (non-hydrogen) atoms. The molecule has 0 rings (SSSR count). The quantitative estimate of drug-likeness (QED) is 0.435. The number of hydroxylamine groups is 1. The normalized spacial score (nSPS) is 13.6. The van der Waals surface area contributed by atoms with Crippen molar-refractivity contribution in [3.63, 3.8) is 0 Å². The zero-order chi connectivity index (χ0) is 11.9. The lowest BCUT2D eigenvalue weighted by molar-refractivity contribution is -0.142. The van der Waals surface area contributed by atoms with Gasteiger partial charge in [0, 0.05) is 0 Å². The molecule has 0 radical (unpaired) electrons. The largest absolute Gasteiger partial charge is 0.527 e. The Kier molecular flexibility index (Phi) is 6.71. The second kappa shape index (κ2) is 6.92. The van der Waals surface area contributed by atoms with Crippen molar-refractivity contribution in [2.45, 2.75) is 32.2 Å². The third kappa shape index (κ3) is 7.47. The number of phosphoric ester groups is 1. The maximum Gasteiger partial charge on any atom is 0.527 e. The van der Waals surface area contributed by atoms with Gasteiger partial charge in [0.1, 0.15) is 6.04 Å². The molecule has 0 aliphatic carbocycles. The number of phosphoric acid groups is 1. The first kappa shape index (κ1) is 14.5. The van der Waals surface area contributed by atoms with Crippen molar-refractivity contribution >= 4 is 13.8 Å². The van der Waals surface area contributed by atoms with Gasteiger partial charge in [-0.3, -0.25) is 9.79 Å². The van der Waals surface area contributed by atoms with Crippen LogP contribution in [0.2, 0.25) is 0 Å². The summed E-state index contributed by atoms with van der Waals surface area (Å²) >= 11 is 0. The van der Waals surface area contributed by atoms with Gasteiger partial charge in [0.25, 0.3) is 0 Å². The van der Waals surface area contributed by atoms with Crippen LogP contribution in [0, 0.1) is 0 Å². The molecule has 0 amide bonds. The van der Waals surface area contributed by atoms with Crippen LogP contribution in [-0.2, 0) is 18.7 Å². The molecule has 0 spiro atoms. The molecule has 0 aromatic carbocycles. The highest BCUT2D eigenvalue weighted by Crippen LogP contribution is 2.36. The number of unbranched alkanes of at least 4 members (excludes halogenated alkanes) is 1. The molecule has 3 N–H and O–H groups in total. The number of hydrogen-bond acceptors (Lipinski definition) is 5. The van der Waals surface area contributed by atoms with Gasteiger partial charge in [-0.05, 0) is 6.42 Å². The number of nitrogens with one attached hydrogen (secondary N) is 1. The molecule has 0 saturated carbocycles. The Hall–Kier alpha value is -0.460. The van der Waals surface area contributed by atoms with E-state index < -0.39 is 19.8 Å². The molecule has 90 valence electrons. The van der Waals surface area contributed by atoms with Crippen LogP contribution < -0.4 is 5.48 Å². The Morgan fingerprint density at radius 3 is 2.53 bits per heavy atom. The van der Waals surface area contributed by atoms with E-state index in [9.17, 15) is 9.36 Å². The van der Waals surface area contributed by atoms with Crippen molar-refractivity contribution in [1.82, 2.24) is 5.48 Å². The Bertz CT molecular complexity index is 240. The maximum atomic E-state index is 11.2. The average Bonchev–Trinajstić information content (AvgIpc) is 2.09. The first-order valence-corrected chi connectivity index (χ1v) is 6.01. The molecule has 0 heterocycles. The van der Waals surface area contributed by atoms with E-state index in [-0.39, 0.29) is 0 Å². The Balaban J connectivity index is 4.22. The second-order valence-corrected chi connectivity index (χ2v) is 4.08. The standard InChI is InChI=1S/C7H16NO6P/c1-3-4-5-6(8-13-2)7(9)14-15(10,11)12/h6,8H,3-5H2,1-2H3,(H2,10,11,12). The smallest absolute Gasteiger partial charge is 0.369 e. The Morgan fingerprint density at radius 2 is 2.13 bits per heavy atom. The van der Waals surface area contributed by atoms with Gasteiger partial charge < -0.3 is 9.36 Å². The molecule has 0 aromatic heterocycles. The summed E-state index contributed by atoms with van der Waals surface area (Å²) in [4.78, 5) is 32.6. The number of carbonyl (C=O) groups excluding carboxylic acids is 1. The molecule has 1 unspecified atom stereocenters. The predicted octanol–water partition coefficient (Wildman–Crippen LogP) is 0.332. The van der Waals surface area contributed by atoms with Crippen LogP contribution in [0.25, 0.3) is 0 Å². The molecular formula is C7H16NO6P. The lowest BCUT2D eigenvalue weighted by atomic mass is 10.1. The fourth-order valence-electron chi connectivity index (χ4n) is 0.956. The molecule has 0 aliphatic heterocycles. The highest BCUT2D eigenvalue weighted by molar-refractivity contribution is 7.46. The van der Waals surface area contributed by atoms with E-state index in [1.807, 2.05) is 6.92 Å². The van der Waals surface area contributed by atoms with Gasteiger partial charge in [-0.15, -0.1) is 0 Å². The van der Waals surface area contributed by atoms with Gasteiger partial charge >= 0.3 is 13.8 Å². The topological polar surface area (TPSA) is 105 Å². The maximum absolute atomic E-state index is 11.2. The Labute approximate surface area is 88.0 Å². The van der Waals surface area contributed by atoms with E-state index in [0.717, 1.165) is 12.8 Å². The monoisotopic (exact) mass is 241 g/mol. The first-order valence-electron chi connectivity index (χ1n) is 4.48. The van der Waals surface area contributed by atoms with E-state index in [1.54, 1.807) is 0 Å². The van der Waals surface area contributed by atoms with Crippen molar-refractivity contribution in [3.05, 3.63) is 0 Å². The summed E-state index contributed by atoms with van der Waals surface area (Å²) in [6.45, 7) is 1.93. The van der Waals surface area contributed by atoms with Crippen molar-refractivity contribution < 1.29 is 28.5 Å². The summed E-state index contributed by atoms with van der Waals surface area (Å²) in [5.41, 5.74) is 2.32. The van der Waals surface area contributed by atoms with Crippen LogP contribution >= 0.6 is 7.82 Å². The van der Waals surface area contributed by atoms with E-state index in [2.05, 4.69) is 14.8 Å². The second-order valence-electron chi connectivity index (χ2n) is 2.92. The van der Waals surface area contributed by atoms with Gasteiger partial charge in [0.2, 0.25) is 0 Å². The lowest BCUT2D eigenvalue weighted by Crippen LogP contribution is -2.36. The van der Waals surface area contributed by atoms with Crippen LogP contribution in [0.15, 0.2) is 0 Å². The van der Waals surface area contributed by atoms with Crippen molar-refractivity contribution in [2.75, 3.05) is 7.11 Å². The van der Waals surface area contributed by atoms with Gasteiger partial charge in [0.05, 0.1) is 7.11 Å². The van der Waals surface area contributed by atoms with Crippen LogP contribution in [0.1, 0.15) is 26.2 Å². The summed E-state index contributed by atoms with van der Waals surface area (Å²) in [5, 5.41) is 0. The molecule has 0 fully saturated rings. The molecular weight excluding hydrogens is 225 g/mol. The van der Waals surface area contributed by atoms with Gasteiger partial charge in [0.15, 0.2) is 0 Å². The molecule has 1 atom stereocenters. The van der Waals surface area contributed by atoms with E-state index >= 15 is 0 Å². The molecule has 0 bridgehead atoms. The lowest BCUT2D eigenvalue weighted by Gasteiger charge is -2.15. The zero-order valence-electron chi connectivity index (χ0n) is 8.67. The van der Waals surface area contributed by atoms with Gasteiger partial charge in [-0.1, -0.05) is 19.8 Å². The number of hydrogen-bond donors (Lipinski definition) is 3. The fraction of sp³-hybridized carbons (Fsp3) is 0.857. The average molecular weight is 241 g/mol.